The van der Waals surface area contributed by atoms with Crippen LogP contribution >= 0.6 is 0 Å². The van der Waals surface area contributed by atoms with Crippen molar-refractivity contribution in [2.24, 2.45) is 0 Å². The molecular weight excluding hydrogens is 417 g/mol. The van der Waals surface area contributed by atoms with Gasteiger partial charge in [-0.25, -0.2) is 0 Å². The minimum Gasteiger partial charge on any atom is -0.381 e. The van der Waals surface area contributed by atoms with E-state index in [1.165, 1.54) is 12.1 Å². The molecule has 4 nitrogen and oxygen atoms in total. The number of carbonyl (C=O) groups is 2. The van der Waals surface area contributed by atoms with Gasteiger partial charge in [0.15, 0.2) is 5.78 Å². The third kappa shape index (κ3) is 5.44. The molecule has 0 aromatic heterocycles. The van der Waals surface area contributed by atoms with E-state index in [1.54, 1.807) is 12.1 Å². The maximum absolute atomic E-state index is 13.1. The monoisotopic (exact) mass is 440 g/mol. The Kier molecular flexibility index (Phi) is 7.14. The first-order chi connectivity index (χ1) is 15.2. The highest BCUT2D eigenvalue weighted by Gasteiger charge is 2.41. The van der Waals surface area contributed by atoms with E-state index in [0.717, 1.165) is 5.56 Å². The van der Waals surface area contributed by atoms with Gasteiger partial charge in [0.1, 0.15) is 0 Å². The Morgan fingerprint density at radius 2 is 1.78 bits per heavy atom. The lowest BCUT2D eigenvalue weighted by molar-refractivity contribution is -0.171. The topological polar surface area (TPSA) is 70.0 Å². The van der Waals surface area contributed by atoms with E-state index in [2.05, 4.69) is 5.32 Å². The van der Waals surface area contributed by atoms with Crippen molar-refractivity contribution in [2.45, 2.75) is 50.7 Å². The standard InChI is InChI=1S/C25H23F3N2O2/c1-16(18-8-3-2-4-9-18)30-21-11-6-12-22(31)24(21)20(14-23(32)25(26,27)28)19-10-5-7-17(13-19)15-29/h2-5,7-10,13,16,20,30H,6,11-12,14H2,1H3/t16?,20-/m0/s1. The molecule has 0 aliphatic heterocycles. The van der Waals surface area contributed by atoms with E-state index >= 15 is 0 Å². The molecule has 0 amide bonds. The fourth-order valence-corrected chi connectivity index (χ4v) is 4.02. The maximum atomic E-state index is 13.1. The molecule has 166 valence electrons. The molecule has 1 aliphatic rings. The SMILES string of the molecule is CC(NC1=C([C@@H](CC(=O)C(F)(F)F)c2cccc(C#N)c2)C(=O)CCC1)c1ccccc1. The van der Waals surface area contributed by atoms with Gasteiger partial charge in [-0.1, -0.05) is 42.5 Å². The lowest BCUT2D eigenvalue weighted by Crippen LogP contribution is -2.31. The van der Waals surface area contributed by atoms with Crippen LogP contribution in [0.4, 0.5) is 13.2 Å². The molecule has 0 radical (unpaired) electrons. The first-order valence-electron chi connectivity index (χ1n) is 10.4. The molecule has 0 bridgehead atoms. The maximum Gasteiger partial charge on any atom is 0.450 e. The van der Waals surface area contributed by atoms with Crippen LogP contribution in [0.25, 0.3) is 0 Å². The number of rotatable bonds is 7. The van der Waals surface area contributed by atoms with Crippen LogP contribution in [0.5, 0.6) is 0 Å². The van der Waals surface area contributed by atoms with Gasteiger partial charge in [-0.05, 0) is 43.0 Å². The van der Waals surface area contributed by atoms with E-state index < -0.39 is 24.3 Å². The Morgan fingerprint density at radius 1 is 1.09 bits per heavy atom. The Hall–Kier alpha value is -3.40. The third-order valence-electron chi connectivity index (χ3n) is 5.62. The number of Topliss-reactive ketones (excluding diaryl/α,β-unsaturated/α-hetero) is 2. The molecule has 0 spiro atoms. The van der Waals surface area contributed by atoms with Crippen LogP contribution in [0.1, 0.15) is 61.3 Å². The van der Waals surface area contributed by atoms with Crippen molar-refractivity contribution in [2.75, 3.05) is 0 Å². The van der Waals surface area contributed by atoms with Gasteiger partial charge in [0.25, 0.3) is 0 Å². The number of hydrogen-bond acceptors (Lipinski definition) is 4. The molecule has 2 aromatic rings. The highest BCUT2D eigenvalue weighted by Crippen LogP contribution is 2.38. The second kappa shape index (κ2) is 9.82. The fraction of sp³-hybridized carbons (Fsp3) is 0.320. The third-order valence-corrected chi connectivity index (χ3v) is 5.62. The van der Waals surface area contributed by atoms with Crippen molar-refractivity contribution in [1.82, 2.24) is 5.32 Å². The molecule has 1 N–H and O–H groups in total. The second-order valence-electron chi connectivity index (χ2n) is 7.86. The number of alkyl halides is 3. The van der Waals surface area contributed by atoms with Crippen molar-refractivity contribution in [3.63, 3.8) is 0 Å². The smallest absolute Gasteiger partial charge is 0.381 e. The van der Waals surface area contributed by atoms with E-state index in [-0.39, 0.29) is 29.4 Å². The summed E-state index contributed by atoms with van der Waals surface area (Å²) in [6, 6.07) is 17.3. The van der Waals surface area contributed by atoms with Crippen molar-refractivity contribution >= 4 is 11.6 Å². The van der Waals surface area contributed by atoms with Gasteiger partial charge in [-0.3, -0.25) is 9.59 Å². The summed E-state index contributed by atoms with van der Waals surface area (Å²) in [4.78, 5) is 24.9. The van der Waals surface area contributed by atoms with Crippen molar-refractivity contribution < 1.29 is 22.8 Å². The average molecular weight is 440 g/mol. The van der Waals surface area contributed by atoms with Crippen LogP contribution in [-0.4, -0.2) is 17.7 Å². The van der Waals surface area contributed by atoms with Crippen LogP contribution in [-0.2, 0) is 9.59 Å². The fourth-order valence-electron chi connectivity index (χ4n) is 4.02. The molecule has 2 aromatic carbocycles. The zero-order valence-corrected chi connectivity index (χ0v) is 17.6. The van der Waals surface area contributed by atoms with Crippen LogP contribution < -0.4 is 5.32 Å². The molecule has 2 atom stereocenters. The quantitative estimate of drug-likeness (QED) is 0.615. The highest BCUT2D eigenvalue weighted by atomic mass is 19.4. The van der Waals surface area contributed by atoms with Gasteiger partial charge in [0.2, 0.25) is 5.78 Å². The first-order valence-corrected chi connectivity index (χ1v) is 10.4. The van der Waals surface area contributed by atoms with Crippen molar-refractivity contribution in [3.05, 3.63) is 82.6 Å². The number of carbonyl (C=O) groups excluding carboxylic acids is 2. The molecule has 32 heavy (non-hydrogen) atoms. The van der Waals surface area contributed by atoms with Gasteiger partial charge in [-0.15, -0.1) is 0 Å². The number of halogens is 3. The lowest BCUT2D eigenvalue weighted by Gasteiger charge is -2.29. The number of nitrogens with one attached hydrogen (secondary N) is 1. The minimum absolute atomic E-state index is 0.184. The number of nitrogens with zero attached hydrogens (tertiary/aromatic N) is 1. The van der Waals surface area contributed by atoms with Crippen LogP contribution in [0, 0.1) is 11.3 Å². The van der Waals surface area contributed by atoms with E-state index in [0.29, 0.717) is 24.1 Å². The van der Waals surface area contributed by atoms with E-state index in [1.807, 2.05) is 43.3 Å². The average Bonchev–Trinajstić information content (AvgIpc) is 2.78. The van der Waals surface area contributed by atoms with Gasteiger partial charge >= 0.3 is 6.18 Å². The summed E-state index contributed by atoms with van der Waals surface area (Å²) in [5.74, 6) is -3.26. The number of hydrogen-bond donors (Lipinski definition) is 1. The Bertz CT molecular complexity index is 1070. The molecular formula is C25H23F3N2O2. The number of nitriles is 1. The molecule has 1 unspecified atom stereocenters. The normalized spacial score (nSPS) is 16.3. The van der Waals surface area contributed by atoms with E-state index in [4.69, 9.17) is 0 Å². The van der Waals surface area contributed by atoms with Crippen LogP contribution in [0.3, 0.4) is 0 Å². The van der Waals surface area contributed by atoms with Gasteiger partial charge in [0.05, 0.1) is 11.6 Å². The summed E-state index contributed by atoms with van der Waals surface area (Å²) in [5.41, 5.74) is 2.32. The lowest BCUT2D eigenvalue weighted by atomic mass is 9.79. The second-order valence-corrected chi connectivity index (χ2v) is 7.86. The number of ketones is 2. The van der Waals surface area contributed by atoms with Gasteiger partial charge in [-0.2, -0.15) is 18.4 Å². The Morgan fingerprint density at radius 3 is 2.44 bits per heavy atom. The predicted octanol–water partition coefficient (Wildman–Crippen LogP) is 5.52. The summed E-state index contributed by atoms with van der Waals surface area (Å²) in [7, 11) is 0. The summed E-state index contributed by atoms with van der Waals surface area (Å²) < 4.78 is 39.4. The zero-order chi connectivity index (χ0) is 23.3. The summed E-state index contributed by atoms with van der Waals surface area (Å²) in [6.07, 6.45) is -4.62. The predicted molar refractivity (Wildman–Crippen MR) is 113 cm³/mol. The Labute approximate surface area is 184 Å². The van der Waals surface area contributed by atoms with Crippen molar-refractivity contribution in [3.8, 4) is 6.07 Å². The minimum atomic E-state index is -5.01. The van der Waals surface area contributed by atoms with Crippen LogP contribution in [0.2, 0.25) is 0 Å². The molecule has 0 heterocycles. The molecule has 0 saturated heterocycles. The summed E-state index contributed by atoms with van der Waals surface area (Å²) in [6.45, 7) is 1.91. The van der Waals surface area contributed by atoms with Crippen molar-refractivity contribution in [1.29, 1.82) is 5.26 Å². The number of allylic oxidation sites excluding steroid dienone is 2. The summed E-state index contributed by atoms with van der Waals surface area (Å²) in [5, 5.41) is 12.5. The summed E-state index contributed by atoms with van der Waals surface area (Å²) >= 11 is 0. The van der Waals surface area contributed by atoms with Gasteiger partial charge in [0, 0.05) is 36.1 Å². The Balaban J connectivity index is 2.08. The highest BCUT2D eigenvalue weighted by molar-refractivity contribution is 5.99. The zero-order valence-electron chi connectivity index (χ0n) is 17.6. The molecule has 7 heteroatoms. The molecule has 3 rings (SSSR count). The molecule has 1 aliphatic carbocycles. The molecule has 0 fully saturated rings. The first kappa shape index (κ1) is 23.3. The van der Waals surface area contributed by atoms with Crippen LogP contribution in [0.15, 0.2) is 65.9 Å². The number of benzene rings is 2. The van der Waals surface area contributed by atoms with Gasteiger partial charge < -0.3 is 5.32 Å². The van der Waals surface area contributed by atoms with E-state index in [9.17, 15) is 28.0 Å². The molecule has 0 saturated carbocycles. The largest absolute Gasteiger partial charge is 0.450 e.